The quantitative estimate of drug-likeness (QED) is 0.0743. The average Bonchev–Trinajstić information content (AvgIpc) is 3.59. The molecule has 242 valence electrons. The number of carbonyl (C=O) groups excluding carboxylic acids is 4. The van der Waals surface area contributed by atoms with E-state index in [-0.39, 0.29) is 16.5 Å². The Labute approximate surface area is 282 Å². The molecule has 4 aromatic rings. The molecule has 0 spiro atoms. The van der Waals surface area contributed by atoms with Crippen molar-refractivity contribution < 1.29 is 28.8 Å². The van der Waals surface area contributed by atoms with E-state index in [1.165, 1.54) is 29.2 Å². The number of carbonyl (C=O) groups is 4. The van der Waals surface area contributed by atoms with E-state index in [4.69, 9.17) is 9.57 Å². The number of aromatic nitrogens is 3. The molecule has 0 saturated carbocycles. The van der Waals surface area contributed by atoms with E-state index in [9.17, 15) is 19.2 Å². The van der Waals surface area contributed by atoms with Crippen LogP contribution in [-0.4, -0.2) is 74.6 Å². The van der Waals surface area contributed by atoms with Crippen molar-refractivity contribution in [2.75, 3.05) is 12.4 Å². The van der Waals surface area contributed by atoms with Crippen LogP contribution in [0.15, 0.2) is 107 Å². The number of hydrogen-bond donors (Lipinski definition) is 2. The van der Waals surface area contributed by atoms with Crippen molar-refractivity contribution in [1.29, 1.82) is 0 Å². The third-order valence-corrected chi connectivity index (χ3v) is 9.29. The van der Waals surface area contributed by atoms with Crippen LogP contribution in [0.25, 0.3) is 6.08 Å². The smallest absolute Gasteiger partial charge is 0.334 e. The number of amides is 3. The van der Waals surface area contributed by atoms with Crippen molar-refractivity contribution >= 4 is 64.2 Å². The van der Waals surface area contributed by atoms with Gasteiger partial charge in [0.15, 0.2) is 23.0 Å². The fraction of sp³-hybridized carbons (Fsp3) is 0.152. The van der Waals surface area contributed by atoms with Gasteiger partial charge in [-0.3, -0.25) is 14.4 Å². The molecule has 3 amide bonds. The summed E-state index contributed by atoms with van der Waals surface area (Å²) in [5.74, 6) is -1.86. The fourth-order valence-electron chi connectivity index (χ4n) is 5.14. The number of β-lactam (4-membered cyclic amide) rings is 1. The van der Waals surface area contributed by atoms with Crippen LogP contribution in [0, 0.1) is 0 Å². The molecule has 2 unspecified atom stereocenters. The van der Waals surface area contributed by atoms with E-state index < -0.39 is 41.3 Å². The number of rotatable bonds is 12. The van der Waals surface area contributed by atoms with Crippen LogP contribution < -0.4 is 10.6 Å². The summed E-state index contributed by atoms with van der Waals surface area (Å²) >= 11 is 2.36. The lowest BCUT2D eigenvalue weighted by Crippen LogP contribution is -2.74. The molecule has 0 aliphatic carbocycles. The Balaban J connectivity index is 1.28. The van der Waals surface area contributed by atoms with E-state index >= 15 is 0 Å². The van der Waals surface area contributed by atoms with Crippen LogP contribution in [0.1, 0.15) is 28.6 Å². The Morgan fingerprint density at radius 1 is 1.02 bits per heavy atom. The molecule has 15 heteroatoms. The van der Waals surface area contributed by atoms with Gasteiger partial charge in [-0.25, -0.2) is 9.78 Å². The molecule has 2 aliphatic heterocycles. The van der Waals surface area contributed by atoms with Gasteiger partial charge in [0.25, 0.3) is 5.91 Å². The number of thioether (sulfide) groups is 1. The number of benzene rings is 2. The normalized spacial score (nSPS) is 18.8. The van der Waals surface area contributed by atoms with Gasteiger partial charge >= 0.3 is 5.97 Å². The summed E-state index contributed by atoms with van der Waals surface area (Å²) in [5, 5.41) is 19.8. The first-order chi connectivity index (χ1) is 23.5. The first kappa shape index (κ1) is 32.3. The molecular formula is C33H27N7O6S2. The second-order valence-corrected chi connectivity index (χ2v) is 12.1. The Kier molecular flexibility index (Phi) is 9.97. The van der Waals surface area contributed by atoms with Crippen LogP contribution in [0.2, 0.25) is 0 Å². The Morgan fingerprint density at radius 2 is 1.75 bits per heavy atom. The van der Waals surface area contributed by atoms with Gasteiger partial charge in [-0.05, 0) is 40.3 Å². The van der Waals surface area contributed by atoms with Gasteiger partial charge in [-0.2, -0.15) is 10.2 Å². The van der Waals surface area contributed by atoms with Crippen molar-refractivity contribution in [3.63, 3.8) is 0 Å². The third-order valence-electron chi connectivity index (χ3n) is 7.33. The highest BCUT2D eigenvalue weighted by Crippen LogP contribution is 2.42. The van der Waals surface area contributed by atoms with E-state index in [1.807, 2.05) is 60.7 Å². The summed E-state index contributed by atoms with van der Waals surface area (Å²) in [6, 6.07) is 20.1. The van der Waals surface area contributed by atoms with Crippen molar-refractivity contribution in [3.8, 4) is 0 Å². The van der Waals surface area contributed by atoms with Gasteiger partial charge in [-0.15, -0.1) is 23.1 Å². The highest BCUT2D eigenvalue weighted by molar-refractivity contribution is 8.03. The lowest BCUT2D eigenvalue weighted by atomic mass is 9.96. The molecule has 2 aromatic heterocycles. The van der Waals surface area contributed by atoms with Crippen molar-refractivity contribution in [2.45, 2.75) is 23.6 Å². The van der Waals surface area contributed by atoms with Crippen LogP contribution >= 0.6 is 23.1 Å². The van der Waals surface area contributed by atoms with Gasteiger partial charge in [-0.1, -0.05) is 71.9 Å². The van der Waals surface area contributed by atoms with Gasteiger partial charge < -0.3 is 25.1 Å². The maximum Gasteiger partial charge on any atom is 0.334 e. The third kappa shape index (κ3) is 6.86. The SMILES string of the molecule is CON=C(C(=O)NC1C(=O)N2C(C(=O)OC(c3ccccc3)c3ccccc3)C(C=Cc3cccnn3)=CS[C@H]12)c1csc(NC=O)n1. The van der Waals surface area contributed by atoms with Crippen LogP contribution in [-0.2, 0) is 28.8 Å². The van der Waals surface area contributed by atoms with Crippen molar-refractivity contribution in [1.82, 2.24) is 25.4 Å². The standard InChI is InChI=1S/C33H27N7O6S2/c1-45-39-25(24-18-48-33(36-24)34-19-41)29(42)37-26-30(43)40-27(22(17-47-31(26)40)14-15-23-13-8-16-35-38-23)32(44)46-28(20-9-4-2-5-10-20)21-11-6-3-7-12-21/h2-19,26-28,31H,1H3,(H,37,42)(H,34,36,41)/t26?,27?,31-/m1/s1. The Bertz CT molecular complexity index is 1850. The second-order valence-electron chi connectivity index (χ2n) is 10.3. The summed E-state index contributed by atoms with van der Waals surface area (Å²) < 4.78 is 6.21. The number of oxime groups is 1. The molecule has 1 fully saturated rings. The predicted molar refractivity (Wildman–Crippen MR) is 179 cm³/mol. The zero-order valence-electron chi connectivity index (χ0n) is 25.2. The molecular weight excluding hydrogens is 655 g/mol. The fourth-order valence-corrected chi connectivity index (χ4v) is 7.00. The van der Waals surface area contributed by atoms with Crippen LogP contribution in [0.5, 0.6) is 0 Å². The zero-order valence-corrected chi connectivity index (χ0v) is 26.8. The number of fused-ring (bicyclic) bond motifs is 1. The number of esters is 1. The van der Waals surface area contributed by atoms with E-state index in [0.717, 1.165) is 22.5 Å². The van der Waals surface area contributed by atoms with Crippen LogP contribution in [0.3, 0.4) is 0 Å². The molecule has 1 saturated heterocycles. The summed E-state index contributed by atoms with van der Waals surface area (Å²) in [6.07, 6.45) is 4.68. The minimum Gasteiger partial charge on any atom is -0.451 e. The highest BCUT2D eigenvalue weighted by atomic mass is 32.2. The first-order valence-electron chi connectivity index (χ1n) is 14.5. The summed E-state index contributed by atoms with van der Waals surface area (Å²) in [5.41, 5.74) is 2.55. The topological polar surface area (TPSA) is 165 Å². The second kappa shape index (κ2) is 14.8. The minimum atomic E-state index is -1.12. The van der Waals surface area contributed by atoms with Gasteiger partial charge in [0.1, 0.15) is 24.2 Å². The number of nitrogens with one attached hydrogen (secondary N) is 2. The minimum absolute atomic E-state index is 0.147. The molecule has 4 heterocycles. The summed E-state index contributed by atoms with van der Waals surface area (Å²) in [6.45, 7) is 0. The monoisotopic (exact) mass is 681 g/mol. The van der Waals surface area contributed by atoms with Crippen LogP contribution in [0.4, 0.5) is 5.13 Å². The molecule has 48 heavy (non-hydrogen) atoms. The van der Waals surface area contributed by atoms with Gasteiger partial charge in [0.05, 0.1) is 5.69 Å². The number of thiazole rings is 1. The molecule has 13 nitrogen and oxygen atoms in total. The predicted octanol–water partition coefficient (Wildman–Crippen LogP) is 3.55. The van der Waals surface area contributed by atoms with Gasteiger partial charge in [0.2, 0.25) is 12.3 Å². The maximum absolute atomic E-state index is 14.2. The Morgan fingerprint density at radius 3 is 2.40 bits per heavy atom. The Hall–Kier alpha value is -5.67. The average molecular weight is 682 g/mol. The molecule has 3 atom stereocenters. The molecule has 0 bridgehead atoms. The molecule has 2 aromatic carbocycles. The number of hydrogen-bond acceptors (Lipinski definition) is 12. The largest absolute Gasteiger partial charge is 0.451 e. The summed E-state index contributed by atoms with van der Waals surface area (Å²) in [7, 11) is 1.27. The first-order valence-corrected chi connectivity index (χ1v) is 16.3. The lowest BCUT2D eigenvalue weighted by Gasteiger charge is -2.51. The molecule has 6 rings (SSSR count). The zero-order chi connectivity index (χ0) is 33.5. The van der Waals surface area contributed by atoms with Crippen molar-refractivity contribution in [3.05, 3.63) is 124 Å². The van der Waals surface area contributed by atoms with Gasteiger partial charge in [0, 0.05) is 11.6 Å². The highest BCUT2D eigenvalue weighted by Gasteiger charge is 2.56. The lowest BCUT2D eigenvalue weighted by molar-refractivity contribution is -0.165. The number of ether oxygens (including phenoxy) is 1. The van der Waals surface area contributed by atoms with E-state index in [2.05, 4.69) is 31.0 Å². The number of nitrogens with zero attached hydrogens (tertiary/aromatic N) is 5. The van der Waals surface area contributed by atoms with E-state index in [0.29, 0.717) is 17.7 Å². The van der Waals surface area contributed by atoms with Crippen molar-refractivity contribution in [2.24, 2.45) is 5.16 Å². The molecule has 2 aliphatic rings. The van der Waals surface area contributed by atoms with E-state index in [1.54, 1.807) is 35.9 Å². The maximum atomic E-state index is 14.2. The molecule has 0 radical (unpaired) electrons. The molecule has 2 N–H and O–H groups in total. The number of anilines is 1. The summed E-state index contributed by atoms with van der Waals surface area (Å²) in [4.78, 5) is 62.6.